The van der Waals surface area contributed by atoms with Gasteiger partial charge in [0.1, 0.15) is 0 Å². The molecule has 0 aliphatic carbocycles. The molecule has 0 radical (unpaired) electrons. The SMILES string of the molecule is CN(C)/C=C/c1ccc2n[se]nc2c1[N+](=O)[O-]. The van der Waals surface area contributed by atoms with E-state index in [4.69, 9.17) is 0 Å². The number of rotatable bonds is 3. The Kier molecular flexibility index (Phi) is 3.21. The Morgan fingerprint density at radius 3 is 2.82 bits per heavy atom. The van der Waals surface area contributed by atoms with E-state index in [0.29, 0.717) is 16.6 Å². The molecule has 0 saturated carbocycles. The minimum absolute atomic E-state index is 0.0451. The first kappa shape index (κ1) is 11.8. The van der Waals surface area contributed by atoms with Crippen LogP contribution in [-0.4, -0.2) is 46.8 Å². The second kappa shape index (κ2) is 4.65. The van der Waals surface area contributed by atoms with E-state index in [1.54, 1.807) is 24.4 Å². The first-order valence-electron chi connectivity index (χ1n) is 4.84. The zero-order valence-electron chi connectivity index (χ0n) is 9.32. The molecule has 0 aliphatic rings. The normalized spacial score (nSPS) is 11.2. The maximum atomic E-state index is 11.1. The van der Waals surface area contributed by atoms with Crippen LogP contribution in [0.2, 0.25) is 0 Å². The minimum atomic E-state index is -0.394. The molecular formula is C10H10N4O2Se. The molecule has 6 nitrogen and oxygen atoms in total. The molecule has 0 atom stereocenters. The van der Waals surface area contributed by atoms with Crippen LogP contribution in [-0.2, 0) is 0 Å². The third-order valence-electron chi connectivity index (χ3n) is 2.17. The monoisotopic (exact) mass is 298 g/mol. The van der Waals surface area contributed by atoms with Crippen LogP contribution >= 0.6 is 0 Å². The molecule has 0 bridgehead atoms. The van der Waals surface area contributed by atoms with E-state index in [9.17, 15) is 10.1 Å². The van der Waals surface area contributed by atoms with Crippen molar-refractivity contribution in [2.24, 2.45) is 0 Å². The van der Waals surface area contributed by atoms with Crippen LogP contribution < -0.4 is 0 Å². The summed E-state index contributed by atoms with van der Waals surface area (Å²) in [4.78, 5) is 12.5. The van der Waals surface area contributed by atoms with Gasteiger partial charge in [-0.25, -0.2) is 0 Å². The number of benzene rings is 1. The Morgan fingerprint density at radius 2 is 2.18 bits per heavy atom. The predicted molar refractivity (Wildman–Crippen MR) is 65.9 cm³/mol. The average molecular weight is 297 g/mol. The van der Waals surface area contributed by atoms with Crippen LogP contribution in [0.1, 0.15) is 5.56 Å². The van der Waals surface area contributed by atoms with E-state index < -0.39 is 4.92 Å². The van der Waals surface area contributed by atoms with Crippen molar-refractivity contribution in [2.45, 2.75) is 0 Å². The van der Waals surface area contributed by atoms with Gasteiger partial charge in [-0.05, 0) is 0 Å². The molecule has 1 aromatic carbocycles. The number of fused-ring (bicyclic) bond motifs is 1. The summed E-state index contributed by atoms with van der Waals surface area (Å²) in [6, 6.07) is 3.48. The molecule has 17 heavy (non-hydrogen) atoms. The predicted octanol–water partition coefficient (Wildman–Crippen LogP) is 1.13. The summed E-state index contributed by atoms with van der Waals surface area (Å²) >= 11 is -0.253. The van der Waals surface area contributed by atoms with Gasteiger partial charge in [0.25, 0.3) is 0 Å². The van der Waals surface area contributed by atoms with Gasteiger partial charge in [-0.3, -0.25) is 0 Å². The summed E-state index contributed by atoms with van der Waals surface area (Å²) < 4.78 is 8.25. The third-order valence-corrected chi connectivity index (χ3v) is 3.31. The summed E-state index contributed by atoms with van der Waals surface area (Å²) in [6.07, 6.45) is 3.48. The van der Waals surface area contributed by atoms with E-state index in [-0.39, 0.29) is 20.6 Å². The summed E-state index contributed by atoms with van der Waals surface area (Å²) in [5.74, 6) is 0. The second-order valence-electron chi connectivity index (χ2n) is 3.67. The average Bonchev–Trinajstić information content (AvgIpc) is 2.72. The quantitative estimate of drug-likeness (QED) is 0.482. The number of hydrogen-bond donors (Lipinski definition) is 0. The molecule has 0 unspecified atom stereocenters. The van der Waals surface area contributed by atoms with E-state index in [0.717, 1.165) is 0 Å². The molecular weight excluding hydrogens is 287 g/mol. The van der Waals surface area contributed by atoms with Gasteiger partial charge in [-0.15, -0.1) is 0 Å². The fourth-order valence-electron chi connectivity index (χ4n) is 1.41. The van der Waals surface area contributed by atoms with Crippen LogP contribution in [0, 0.1) is 10.1 Å². The van der Waals surface area contributed by atoms with Gasteiger partial charge in [-0.2, -0.15) is 0 Å². The van der Waals surface area contributed by atoms with Crippen molar-refractivity contribution in [3.8, 4) is 0 Å². The van der Waals surface area contributed by atoms with E-state index in [1.165, 1.54) is 0 Å². The van der Waals surface area contributed by atoms with Crippen LogP contribution in [0.5, 0.6) is 0 Å². The molecule has 1 aromatic heterocycles. The molecule has 2 rings (SSSR count). The van der Waals surface area contributed by atoms with E-state index in [2.05, 4.69) is 7.96 Å². The molecule has 2 aromatic rings. The number of aromatic nitrogens is 2. The fraction of sp³-hybridized carbons (Fsp3) is 0.200. The molecule has 1 heterocycles. The van der Waals surface area contributed by atoms with Crippen LogP contribution in [0.15, 0.2) is 18.3 Å². The van der Waals surface area contributed by atoms with Gasteiger partial charge >= 0.3 is 104 Å². The fourth-order valence-corrected chi connectivity index (χ4v) is 2.54. The second-order valence-corrected chi connectivity index (χ2v) is 4.78. The van der Waals surface area contributed by atoms with Gasteiger partial charge in [0.2, 0.25) is 0 Å². The molecule has 0 amide bonds. The summed E-state index contributed by atoms with van der Waals surface area (Å²) in [5.41, 5.74) is 1.64. The van der Waals surface area contributed by atoms with Crippen LogP contribution in [0.3, 0.4) is 0 Å². The van der Waals surface area contributed by atoms with Crippen molar-refractivity contribution >= 4 is 37.8 Å². The Labute approximate surface area is 104 Å². The Hall–Kier alpha value is -1.72. The maximum absolute atomic E-state index is 11.1. The molecule has 0 aliphatic heterocycles. The van der Waals surface area contributed by atoms with Gasteiger partial charge in [0.15, 0.2) is 0 Å². The number of nitro benzene ring substituents is 1. The van der Waals surface area contributed by atoms with Gasteiger partial charge in [0.05, 0.1) is 0 Å². The molecule has 0 spiro atoms. The Bertz CT molecular complexity index is 591. The topological polar surface area (TPSA) is 72.2 Å². The zero-order valence-corrected chi connectivity index (χ0v) is 11.0. The van der Waals surface area contributed by atoms with Crippen molar-refractivity contribution in [3.05, 3.63) is 34.0 Å². The van der Waals surface area contributed by atoms with Crippen LogP contribution in [0.4, 0.5) is 5.69 Å². The first-order chi connectivity index (χ1) is 8.09. The van der Waals surface area contributed by atoms with E-state index in [1.807, 2.05) is 19.0 Å². The Morgan fingerprint density at radius 1 is 1.41 bits per heavy atom. The number of hydrogen-bond acceptors (Lipinski definition) is 5. The van der Waals surface area contributed by atoms with Crippen molar-refractivity contribution in [1.82, 2.24) is 12.9 Å². The van der Waals surface area contributed by atoms with Crippen molar-refractivity contribution in [3.63, 3.8) is 0 Å². The molecule has 0 fully saturated rings. The standard InChI is InChI=1S/C10H10N4O2Se/c1-13(2)6-5-7-3-4-8-9(12-17-11-8)10(7)14(15)16/h3-6H,1-2H3/b6-5+. The van der Waals surface area contributed by atoms with Crippen molar-refractivity contribution < 1.29 is 4.92 Å². The molecule has 0 N–H and O–H groups in total. The van der Waals surface area contributed by atoms with Crippen LogP contribution in [0.25, 0.3) is 17.1 Å². The Balaban J connectivity index is 2.62. The zero-order chi connectivity index (χ0) is 12.4. The summed E-state index contributed by atoms with van der Waals surface area (Å²) in [5, 5.41) is 11.1. The summed E-state index contributed by atoms with van der Waals surface area (Å²) in [7, 11) is 3.72. The summed E-state index contributed by atoms with van der Waals surface area (Å²) in [6.45, 7) is 0. The number of nitrogens with zero attached hydrogens (tertiary/aromatic N) is 4. The molecule has 0 saturated heterocycles. The third kappa shape index (κ3) is 2.35. The first-order valence-corrected chi connectivity index (χ1v) is 6.37. The van der Waals surface area contributed by atoms with Gasteiger partial charge in [-0.1, -0.05) is 0 Å². The van der Waals surface area contributed by atoms with Gasteiger partial charge < -0.3 is 0 Å². The van der Waals surface area contributed by atoms with Crippen molar-refractivity contribution in [2.75, 3.05) is 14.1 Å². The van der Waals surface area contributed by atoms with Gasteiger partial charge in [0, 0.05) is 0 Å². The van der Waals surface area contributed by atoms with Crippen molar-refractivity contribution in [1.29, 1.82) is 0 Å². The number of nitro groups is 1. The van der Waals surface area contributed by atoms with E-state index >= 15 is 0 Å². The molecule has 88 valence electrons. The molecule has 7 heteroatoms.